The lowest BCUT2D eigenvalue weighted by Crippen LogP contribution is -2.38. The van der Waals surface area contributed by atoms with Crippen molar-refractivity contribution in [2.75, 3.05) is 0 Å². The van der Waals surface area contributed by atoms with Crippen LogP contribution >= 0.6 is 15.9 Å². The van der Waals surface area contributed by atoms with Gasteiger partial charge in [0.1, 0.15) is 0 Å². The Morgan fingerprint density at radius 1 is 1.24 bits per heavy atom. The fourth-order valence-corrected chi connectivity index (χ4v) is 3.00. The van der Waals surface area contributed by atoms with E-state index in [2.05, 4.69) is 15.9 Å². The molecular formula is C13H9BrO3. The number of hydrogen-bond acceptors (Lipinski definition) is 3. The highest BCUT2D eigenvalue weighted by molar-refractivity contribution is 9.12. The maximum absolute atomic E-state index is 12.3. The van der Waals surface area contributed by atoms with Crippen LogP contribution in [0.15, 0.2) is 28.7 Å². The summed E-state index contributed by atoms with van der Waals surface area (Å²) in [5, 5.41) is 0. The molecule has 4 heteroatoms. The maximum atomic E-state index is 12.3. The average molecular weight is 293 g/mol. The lowest BCUT2D eigenvalue weighted by molar-refractivity contribution is -0.156. The quantitative estimate of drug-likeness (QED) is 0.690. The number of fused-ring (bicyclic) bond motifs is 2. The van der Waals surface area contributed by atoms with E-state index in [0.29, 0.717) is 17.3 Å². The molecule has 0 N–H and O–H groups in total. The van der Waals surface area contributed by atoms with Gasteiger partial charge in [-0.25, -0.2) is 0 Å². The Labute approximate surface area is 107 Å². The van der Waals surface area contributed by atoms with Crippen molar-refractivity contribution < 1.29 is 14.3 Å². The van der Waals surface area contributed by atoms with E-state index in [4.69, 9.17) is 4.74 Å². The number of carbonyl (C=O) groups excluding carboxylic acids is 2. The van der Waals surface area contributed by atoms with Gasteiger partial charge in [-0.2, -0.15) is 0 Å². The smallest absolute Gasteiger partial charge is 0.307 e. The molecule has 0 amide bonds. The molecule has 1 aromatic carbocycles. The SMILES string of the molecule is O=C1CC[C@@]2(O1)C(=O)C(Br)=Cc1ccccc12. The van der Waals surface area contributed by atoms with Crippen molar-refractivity contribution in [1.29, 1.82) is 0 Å². The van der Waals surface area contributed by atoms with E-state index in [-0.39, 0.29) is 11.8 Å². The number of hydrogen-bond donors (Lipinski definition) is 0. The van der Waals surface area contributed by atoms with Gasteiger partial charge >= 0.3 is 5.97 Å². The number of halogens is 1. The van der Waals surface area contributed by atoms with Gasteiger partial charge in [0.15, 0.2) is 0 Å². The van der Waals surface area contributed by atoms with Gasteiger partial charge < -0.3 is 4.74 Å². The second-order valence-electron chi connectivity index (χ2n) is 4.21. The van der Waals surface area contributed by atoms with Gasteiger partial charge in [-0.3, -0.25) is 9.59 Å². The first-order valence-electron chi connectivity index (χ1n) is 5.37. The zero-order chi connectivity index (χ0) is 12.0. The summed E-state index contributed by atoms with van der Waals surface area (Å²) in [5.41, 5.74) is 0.620. The Balaban J connectivity index is 2.25. The van der Waals surface area contributed by atoms with Gasteiger partial charge in [-0.15, -0.1) is 0 Å². The zero-order valence-corrected chi connectivity index (χ0v) is 10.5. The van der Waals surface area contributed by atoms with Gasteiger partial charge in [0.2, 0.25) is 11.4 Å². The Morgan fingerprint density at radius 3 is 2.71 bits per heavy atom. The van der Waals surface area contributed by atoms with Crippen LogP contribution in [-0.4, -0.2) is 11.8 Å². The highest BCUT2D eigenvalue weighted by Crippen LogP contribution is 2.45. The number of rotatable bonds is 0. The van der Waals surface area contributed by atoms with Crippen LogP contribution in [0.25, 0.3) is 6.08 Å². The highest BCUT2D eigenvalue weighted by Gasteiger charge is 2.51. The van der Waals surface area contributed by atoms with Crippen LogP contribution in [0.4, 0.5) is 0 Å². The molecule has 0 aromatic heterocycles. The fourth-order valence-electron chi connectivity index (χ4n) is 2.43. The number of ether oxygens (including phenoxy) is 1. The summed E-state index contributed by atoms with van der Waals surface area (Å²) in [5.74, 6) is -0.475. The molecule has 1 aliphatic heterocycles. The van der Waals surface area contributed by atoms with Crippen LogP contribution in [0.5, 0.6) is 0 Å². The summed E-state index contributed by atoms with van der Waals surface area (Å²) in [6.07, 6.45) is 2.49. The largest absolute Gasteiger partial charge is 0.446 e. The maximum Gasteiger partial charge on any atom is 0.307 e. The molecule has 2 aliphatic rings. The Morgan fingerprint density at radius 2 is 2.00 bits per heavy atom. The summed E-state index contributed by atoms with van der Waals surface area (Å²) >= 11 is 3.25. The standard InChI is InChI=1S/C13H9BrO3/c14-10-7-8-3-1-2-4-9(8)13(12(10)16)6-5-11(15)17-13/h1-4,7H,5-6H2/t13-/m0/s1. The van der Waals surface area contributed by atoms with Crippen LogP contribution in [0.3, 0.4) is 0 Å². The zero-order valence-electron chi connectivity index (χ0n) is 8.90. The monoisotopic (exact) mass is 292 g/mol. The topological polar surface area (TPSA) is 43.4 Å². The van der Waals surface area contributed by atoms with Gasteiger partial charge in [0, 0.05) is 12.0 Å². The van der Waals surface area contributed by atoms with E-state index in [1.165, 1.54) is 0 Å². The minimum Gasteiger partial charge on any atom is -0.446 e. The fraction of sp³-hybridized carbons (Fsp3) is 0.231. The van der Waals surface area contributed by atoms with E-state index in [1.807, 2.05) is 24.3 Å². The Hall–Kier alpha value is -1.42. The molecular weight excluding hydrogens is 284 g/mol. The molecule has 86 valence electrons. The number of Topliss-reactive ketones (excluding diaryl/α,β-unsaturated/α-hetero) is 1. The molecule has 1 atom stereocenters. The first kappa shape index (κ1) is 10.7. The minimum absolute atomic E-state index is 0.165. The Kier molecular flexibility index (Phi) is 2.23. The second-order valence-corrected chi connectivity index (χ2v) is 5.06. The number of carbonyl (C=O) groups is 2. The van der Waals surface area contributed by atoms with E-state index in [0.717, 1.165) is 11.1 Å². The van der Waals surface area contributed by atoms with Crippen LogP contribution in [0, 0.1) is 0 Å². The van der Waals surface area contributed by atoms with E-state index < -0.39 is 5.60 Å². The van der Waals surface area contributed by atoms with Gasteiger partial charge in [-0.1, -0.05) is 24.3 Å². The van der Waals surface area contributed by atoms with E-state index in [1.54, 1.807) is 6.08 Å². The number of benzene rings is 1. The second kappa shape index (κ2) is 3.53. The summed E-state index contributed by atoms with van der Waals surface area (Å²) in [6.45, 7) is 0. The molecule has 0 bridgehead atoms. The molecule has 1 spiro atoms. The molecule has 0 radical (unpaired) electrons. The third-order valence-corrected chi connectivity index (χ3v) is 3.82. The van der Waals surface area contributed by atoms with Gasteiger partial charge in [0.25, 0.3) is 0 Å². The lowest BCUT2D eigenvalue weighted by atomic mass is 9.80. The third kappa shape index (κ3) is 1.40. The normalized spacial score (nSPS) is 26.8. The molecule has 0 saturated carbocycles. The van der Waals surface area contributed by atoms with Gasteiger partial charge in [-0.05, 0) is 27.6 Å². The molecule has 1 aromatic rings. The minimum atomic E-state index is -1.10. The molecule has 3 rings (SSSR count). The van der Waals surface area contributed by atoms with Crippen molar-refractivity contribution in [1.82, 2.24) is 0 Å². The number of esters is 1. The molecule has 1 aliphatic carbocycles. The van der Waals surface area contributed by atoms with Crippen LogP contribution in [0.1, 0.15) is 24.0 Å². The molecule has 3 nitrogen and oxygen atoms in total. The van der Waals surface area contributed by atoms with E-state index >= 15 is 0 Å². The third-order valence-electron chi connectivity index (χ3n) is 3.23. The predicted molar refractivity (Wildman–Crippen MR) is 65.4 cm³/mol. The summed E-state index contributed by atoms with van der Waals surface area (Å²) in [4.78, 5) is 23.6. The van der Waals surface area contributed by atoms with Crippen molar-refractivity contribution >= 4 is 33.8 Å². The summed E-state index contributed by atoms with van der Waals surface area (Å²) < 4.78 is 5.80. The summed E-state index contributed by atoms with van der Waals surface area (Å²) in [7, 11) is 0. The molecule has 1 fully saturated rings. The molecule has 1 heterocycles. The molecule has 17 heavy (non-hydrogen) atoms. The van der Waals surface area contributed by atoms with Crippen LogP contribution in [0.2, 0.25) is 0 Å². The first-order chi connectivity index (χ1) is 8.13. The van der Waals surface area contributed by atoms with Crippen molar-refractivity contribution in [3.8, 4) is 0 Å². The molecule has 0 unspecified atom stereocenters. The Bertz CT molecular complexity index is 562. The van der Waals surface area contributed by atoms with E-state index in [9.17, 15) is 9.59 Å². The highest BCUT2D eigenvalue weighted by atomic mass is 79.9. The predicted octanol–water partition coefficient (Wildman–Crippen LogP) is 2.54. The van der Waals surface area contributed by atoms with Gasteiger partial charge in [0.05, 0.1) is 10.9 Å². The van der Waals surface area contributed by atoms with Crippen LogP contribution < -0.4 is 0 Å². The molecule has 1 saturated heterocycles. The first-order valence-corrected chi connectivity index (χ1v) is 6.16. The number of ketones is 1. The van der Waals surface area contributed by atoms with Crippen molar-refractivity contribution in [2.24, 2.45) is 0 Å². The van der Waals surface area contributed by atoms with Crippen molar-refractivity contribution in [3.05, 3.63) is 39.9 Å². The van der Waals surface area contributed by atoms with Crippen LogP contribution in [-0.2, 0) is 19.9 Å². The van der Waals surface area contributed by atoms with Crippen molar-refractivity contribution in [3.63, 3.8) is 0 Å². The summed E-state index contributed by atoms with van der Waals surface area (Å²) in [6, 6.07) is 7.52. The van der Waals surface area contributed by atoms with Crippen molar-refractivity contribution in [2.45, 2.75) is 18.4 Å². The lowest BCUT2D eigenvalue weighted by Gasteiger charge is -2.31. The average Bonchev–Trinajstić information content (AvgIpc) is 2.70.